The molecule has 0 bridgehead atoms. The third-order valence-electron chi connectivity index (χ3n) is 5.91. The Kier molecular flexibility index (Phi) is 3.74. The van der Waals surface area contributed by atoms with Gasteiger partial charge in [0.1, 0.15) is 0 Å². The monoisotopic (exact) mass is 298 g/mol. The Morgan fingerprint density at radius 1 is 1.27 bits per heavy atom. The largest absolute Gasteiger partial charge is 0.294 e. The fourth-order valence-corrected chi connectivity index (χ4v) is 4.69. The van der Waals surface area contributed by atoms with Gasteiger partial charge in [0.25, 0.3) is 0 Å². The van der Waals surface area contributed by atoms with Crippen molar-refractivity contribution in [2.45, 2.75) is 47.0 Å². The number of Topliss-reactive ketones (excluding diaryl/α,β-unsaturated/α-hetero) is 2. The van der Waals surface area contributed by atoms with E-state index in [2.05, 4.69) is 26.5 Å². The van der Waals surface area contributed by atoms with Crippen LogP contribution in [-0.4, -0.2) is 11.6 Å². The molecule has 2 heteroatoms. The van der Waals surface area contributed by atoms with Crippen LogP contribution >= 0.6 is 0 Å². The van der Waals surface area contributed by atoms with Crippen LogP contribution in [0.3, 0.4) is 0 Å². The molecular formula is C20H26O2. The van der Waals surface area contributed by atoms with E-state index in [0.717, 1.165) is 35.1 Å². The van der Waals surface area contributed by atoms with Crippen LogP contribution in [0.25, 0.3) is 0 Å². The van der Waals surface area contributed by atoms with Gasteiger partial charge in [-0.05, 0) is 49.5 Å². The predicted octanol–water partition coefficient (Wildman–Crippen LogP) is 4.28. The second kappa shape index (κ2) is 5.33. The number of carbonyl (C=O) groups is 2. The Hall–Kier alpha value is -1.44. The molecule has 3 rings (SSSR count). The van der Waals surface area contributed by atoms with Crippen molar-refractivity contribution in [2.75, 3.05) is 0 Å². The van der Waals surface area contributed by atoms with E-state index in [1.54, 1.807) is 0 Å². The smallest absolute Gasteiger partial charge is 0.184 e. The minimum absolute atomic E-state index is 0.0484. The van der Waals surface area contributed by atoms with E-state index in [0.29, 0.717) is 18.3 Å². The highest BCUT2D eigenvalue weighted by Crippen LogP contribution is 2.51. The Bertz CT molecular complexity index is 618. The molecule has 3 aliphatic carbocycles. The van der Waals surface area contributed by atoms with Gasteiger partial charge in [-0.25, -0.2) is 0 Å². The highest BCUT2D eigenvalue weighted by Gasteiger charge is 2.46. The highest BCUT2D eigenvalue weighted by molar-refractivity contribution is 6.17. The highest BCUT2D eigenvalue weighted by atomic mass is 16.1. The molecule has 1 fully saturated rings. The molecule has 0 spiro atoms. The first kappa shape index (κ1) is 15.5. The minimum Gasteiger partial charge on any atom is -0.294 e. The second-order valence-electron chi connectivity index (χ2n) is 7.70. The average molecular weight is 298 g/mol. The molecule has 0 aliphatic heterocycles. The third kappa shape index (κ3) is 2.15. The summed E-state index contributed by atoms with van der Waals surface area (Å²) in [5, 5.41) is 0. The van der Waals surface area contributed by atoms with Crippen molar-refractivity contribution < 1.29 is 9.59 Å². The average Bonchev–Trinajstić information content (AvgIpc) is 2.68. The summed E-state index contributed by atoms with van der Waals surface area (Å²) in [6.07, 6.45) is 4.85. The van der Waals surface area contributed by atoms with Gasteiger partial charge in [-0.2, -0.15) is 0 Å². The number of rotatable bonds is 1. The van der Waals surface area contributed by atoms with E-state index in [1.807, 2.05) is 13.8 Å². The molecule has 0 aromatic rings. The van der Waals surface area contributed by atoms with Gasteiger partial charge in [0, 0.05) is 23.0 Å². The first-order valence-electron chi connectivity index (χ1n) is 8.51. The standard InChI is InChI=1S/C20H26O2/c1-10(2)14-7-6-11(3)17-15(14)8-12(4)19(21)16-9-13(5)20(22)18(16)17/h8,10,13-15,17H,3,6-7,9H2,1-2,4-5H3. The Balaban J connectivity index is 2.17. The Morgan fingerprint density at radius 3 is 2.59 bits per heavy atom. The fraction of sp³-hybridized carbons (Fsp3) is 0.600. The Morgan fingerprint density at radius 2 is 1.95 bits per heavy atom. The lowest BCUT2D eigenvalue weighted by atomic mass is 9.63. The zero-order valence-electron chi connectivity index (χ0n) is 14.1. The maximum Gasteiger partial charge on any atom is 0.184 e. The van der Waals surface area contributed by atoms with Crippen molar-refractivity contribution in [3.63, 3.8) is 0 Å². The summed E-state index contributed by atoms with van der Waals surface area (Å²) < 4.78 is 0. The van der Waals surface area contributed by atoms with Gasteiger partial charge in [0.05, 0.1) is 0 Å². The summed E-state index contributed by atoms with van der Waals surface area (Å²) in [4.78, 5) is 25.5. The molecule has 3 aliphatic rings. The number of hydrogen-bond acceptors (Lipinski definition) is 2. The first-order valence-corrected chi connectivity index (χ1v) is 8.51. The lowest BCUT2D eigenvalue weighted by Crippen LogP contribution is -2.34. The van der Waals surface area contributed by atoms with Crippen LogP contribution in [0.4, 0.5) is 0 Å². The molecule has 0 saturated heterocycles. The molecule has 118 valence electrons. The summed E-state index contributed by atoms with van der Waals surface area (Å²) in [5.74, 6) is 1.63. The van der Waals surface area contributed by atoms with E-state index in [-0.39, 0.29) is 29.3 Å². The SMILES string of the molecule is C=C1CCC(C(C)C)C2C=C(C)C(=O)C3=C(C(=O)C(C)C3)C12. The second-order valence-corrected chi connectivity index (χ2v) is 7.70. The van der Waals surface area contributed by atoms with E-state index < -0.39 is 0 Å². The van der Waals surface area contributed by atoms with Crippen molar-refractivity contribution in [3.8, 4) is 0 Å². The van der Waals surface area contributed by atoms with Crippen LogP contribution in [0, 0.1) is 29.6 Å². The maximum atomic E-state index is 12.7. The summed E-state index contributed by atoms with van der Waals surface area (Å²) in [5.41, 5.74) is 3.56. The number of fused-ring (bicyclic) bond motifs is 2. The molecule has 0 heterocycles. The molecule has 2 nitrogen and oxygen atoms in total. The quantitative estimate of drug-likeness (QED) is 0.677. The molecule has 0 radical (unpaired) electrons. The van der Waals surface area contributed by atoms with Crippen molar-refractivity contribution in [3.05, 3.63) is 34.9 Å². The summed E-state index contributed by atoms with van der Waals surface area (Å²) >= 11 is 0. The van der Waals surface area contributed by atoms with Gasteiger partial charge < -0.3 is 0 Å². The summed E-state index contributed by atoms with van der Waals surface area (Å²) in [6, 6.07) is 0. The number of allylic oxidation sites excluding steroid dienone is 5. The fourth-order valence-electron chi connectivity index (χ4n) is 4.69. The molecule has 1 saturated carbocycles. The number of ketones is 2. The Labute approximate surface area is 133 Å². The molecule has 0 N–H and O–H groups in total. The molecule has 0 aromatic heterocycles. The molecule has 0 amide bonds. The zero-order chi connectivity index (χ0) is 16.2. The molecule has 0 aromatic carbocycles. The predicted molar refractivity (Wildman–Crippen MR) is 88.3 cm³/mol. The molecular weight excluding hydrogens is 272 g/mol. The minimum atomic E-state index is -0.0484. The van der Waals surface area contributed by atoms with Crippen LogP contribution < -0.4 is 0 Å². The van der Waals surface area contributed by atoms with E-state index in [4.69, 9.17) is 0 Å². The van der Waals surface area contributed by atoms with Gasteiger partial charge in [-0.15, -0.1) is 0 Å². The van der Waals surface area contributed by atoms with E-state index in [9.17, 15) is 9.59 Å². The topological polar surface area (TPSA) is 34.1 Å². The summed E-state index contributed by atoms with van der Waals surface area (Å²) in [6.45, 7) is 12.6. The lowest BCUT2D eigenvalue weighted by Gasteiger charge is -2.40. The van der Waals surface area contributed by atoms with Gasteiger partial charge in [-0.1, -0.05) is 39.0 Å². The van der Waals surface area contributed by atoms with Crippen molar-refractivity contribution in [1.29, 1.82) is 0 Å². The van der Waals surface area contributed by atoms with Crippen LogP contribution in [0.2, 0.25) is 0 Å². The van der Waals surface area contributed by atoms with E-state index >= 15 is 0 Å². The molecule has 22 heavy (non-hydrogen) atoms. The van der Waals surface area contributed by atoms with Gasteiger partial charge in [0.15, 0.2) is 11.6 Å². The molecule has 4 atom stereocenters. The number of carbonyl (C=O) groups excluding carboxylic acids is 2. The lowest BCUT2D eigenvalue weighted by molar-refractivity contribution is -0.118. The van der Waals surface area contributed by atoms with Crippen molar-refractivity contribution >= 4 is 11.6 Å². The normalized spacial score (nSPS) is 35.5. The van der Waals surface area contributed by atoms with Crippen LogP contribution in [0.1, 0.15) is 47.0 Å². The van der Waals surface area contributed by atoms with Crippen LogP contribution in [0.15, 0.2) is 34.9 Å². The van der Waals surface area contributed by atoms with Crippen LogP contribution in [0.5, 0.6) is 0 Å². The summed E-state index contributed by atoms with van der Waals surface area (Å²) in [7, 11) is 0. The zero-order valence-corrected chi connectivity index (χ0v) is 14.1. The third-order valence-corrected chi connectivity index (χ3v) is 5.91. The van der Waals surface area contributed by atoms with Gasteiger partial charge in [0.2, 0.25) is 0 Å². The first-order chi connectivity index (χ1) is 10.3. The number of hydrogen-bond donors (Lipinski definition) is 0. The maximum absolute atomic E-state index is 12.7. The van der Waals surface area contributed by atoms with Crippen LogP contribution in [-0.2, 0) is 9.59 Å². The van der Waals surface area contributed by atoms with Crippen molar-refractivity contribution in [1.82, 2.24) is 0 Å². The van der Waals surface area contributed by atoms with Crippen molar-refractivity contribution in [2.24, 2.45) is 29.6 Å². The molecule has 4 unspecified atom stereocenters. The van der Waals surface area contributed by atoms with Gasteiger partial charge in [-0.3, -0.25) is 9.59 Å². The van der Waals surface area contributed by atoms with E-state index in [1.165, 1.54) is 0 Å². The van der Waals surface area contributed by atoms with Gasteiger partial charge >= 0.3 is 0 Å².